The number of methoxy groups -OCH3 is 2. The molecule has 1 N–H and O–H groups in total. The van der Waals surface area contributed by atoms with Gasteiger partial charge < -0.3 is 14.8 Å². The van der Waals surface area contributed by atoms with Crippen molar-refractivity contribution in [1.82, 2.24) is 5.32 Å². The number of hydrogen-bond acceptors (Lipinski definition) is 5. The second-order valence-electron chi connectivity index (χ2n) is 4.56. The van der Waals surface area contributed by atoms with Crippen molar-refractivity contribution in [2.24, 2.45) is 5.92 Å². The first kappa shape index (κ1) is 16.7. The van der Waals surface area contributed by atoms with Gasteiger partial charge in [0.15, 0.2) is 0 Å². The van der Waals surface area contributed by atoms with E-state index in [2.05, 4.69) is 10.1 Å². The van der Waals surface area contributed by atoms with Crippen molar-refractivity contribution >= 4 is 17.7 Å². The number of Topliss-reactive ketones (excluding diaryl/α,β-unsaturated/α-hetero) is 1. The molecule has 0 aliphatic carbocycles. The van der Waals surface area contributed by atoms with Gasteiger partial charge in [-0.05, 0) is 24.6 Å². The Bertz CT molecular complexity index is 523. The predicted molar refractivity (Wildman–Crippen MR) is 75.7 cm³/mol. The number of benzene rings is 1. The highest BCUT2D eigenvalue weighted by Gasteiger charge is 2.35. The molecule has 0 saturated heterocycles. The van der Waals surface area contributed by atoms with Crippen LogP contribution in [0.4, 0.5) is 0 Å². The zero-order valence-electron chi connectivity index (χ0n) is 12.5. The van der Waals surface area contributed by atoms with Gasteiger partial charge in [-0.15, -0.1) is 0 Å². The van der Waals surface area contributed by atoms with Crippen LogP contribution in [-0.2, 0) is 19.1 Å². The summed E-state index contributed by atoms with van der Waals surface area (Å²) >= 11 is 0. The molecule has 1 aromatic carbocycles. The van der Waals surface area contributed by atoms with Crippen LogP contribution in [0.15, 0.2) is 24.3 Å². The molecule has 6 heteroatoms. The fourth-order valence-corrected chi connectivity index (χ4v) is 2.05. The number of hydrogen-bond donors (Lipinski definition) is 1. The SMILES string of the molecule is COC(=O)[C@@H](C(C)=O)[C@@H](NC(C)=O)c1ccc(OC)cc1. The van der Waals surface area contributed by atoms with Gasteiger partial charge >= 0.3 is 5.97 Å². The summed E-state index contributed by atoms with van der Waals surface area (Å²) < 4.78 is 9.73. The quantitative estimate of drug-likeness (QED) is 0.630. The monoisotopic (exact) mass is 293 g/mol. The van der Waals surface area contributed by atoms with E-state index < -0.39 is 17.9 Å². The average molecular weight is 293 g/mol. The number of rotatable bonds is 6. The Kier molecular flexibility index (Phi) is 5.90. The number of amides is 1. The second-order valence-corrected chi connectivity index (χ2v) is 4.56. The molecule has 6 nitrogen and oxygen atoms in total. The molecule has 1 aromatic rings. The molecule has 1 rings (SSSR count). The molecule has 0 aliphatic heterocycles. The van der Waals surface area contributed by atoms with Gasteiger partial charge in [0, 0.05) is 6.92 Å². The van der Waals surface area contributed by atoms with Crippen LogP contribution in [0, 0.1) is 5.92 Å². The Morgan fingerprint density at radius 3 is 2.00 bits per heavy atom. The van der Waals surface area contributed by atoms with Gasteiger partial charge in [-0.25, -0.2) is 0 Å². The Hall–Kier alpha value is -2.37. The first-order valence-corrected chi connectivity index (χ1v) is 6.40. The summed E-state index contributed by atoms with van der Waals surface area (Å²) in [4.78, 5) is 35.0. The van der Waals surface area contributed by atoms with E-state index in [0.29, 0.717) is 11.3 Å². The highest BCUT2D eigenvalue weighted by molar-refractivity contribution is 5.99. The summed E-state index contributed by atoms with van der Waals surface area (Å²) in [7, 11) is 2.74. The Morgan fingerprint density at radius 2 is 1.62 bits per heavy atom. The largest absolute Gasteiger partial charge is 0.497 e. The Labute approximate surface area is 123 Å². The van der Waals surface area contributed by atoms with Crippen molar-refractivity contribution in [2.75, 3.05) is 14.2 Å². The molecule has 0 radical (unpaired) electrons. The van der Waals surface area contributed by atoms with E-state index in [9.17, 15) is 14.4 Å². The molecule has 0 aliphatic rings. The second kappa shape index (κ2) is 7.42. The topological polar surface area (TPSA) is 81.7 Å². The molecule has 0 bridgehead atoms. The lowest BCUT2D eigenvalue weighted by Crippen LogP contribution is -2.39. The fraction of sp³-hybridized carbons (Fsp3) is 0.400. The molecule has 114 valence electrons. The van der Waals surface area contributed by atoms with Gasteiger partial charge in [0.1, 0.15) is 17.5 Å². The van der Waals surface area contributed by atoms with Crippen molar-refractivity contribution in [3.8, 4) is 5.75 Å². The molecule has 0 saturated carbocycles. The van der Waals surface area contributed by atoms with E-state index in [4.69, 9.17) is 4.74 Å². The van der Waals surface area contributed by atoms with Gasteiger partial charge in [0.05, 0.1) is 20.3 Å². The van der Waals surface area contributed by atoms with E-state index in [1.54, 1.807) is 24.3 Å². The third-order valence-corrected chi connectivity index (χ3v) is 3.06. The van der Waals surface area contributed by atoms with Crippen molar-refractivity contribution in [3.63, 3.8) is 0 Å². The zero-order chi connectivity index (χ0) is 16.0. The molecule has 21 heavy (non-hydrogen) atoms. The van der Waals surface area contributed by atoms with Crippen LogP contribution in [0.2, 0.25) is 0 Å². The highest BCUT2D eigenvalue weighted by atomic mass is 16.5. The van der Waals surface area contributed by atoms with E-state index in [-0.39, 0.29) is 11.7 Å². The molecule has 0 aromatic heterocycles. The smallest absolute Gasteiger partial charge is 0.318 e. The summed E-state index contributed by atoms with van der Waals surface area (Å²) in [5.41, 5.74) is 0.622. The fourth-order valence-electron chi connectivity index (χ4n) is 2.05. The highest BCUT2D eigenvalue weighted by Crippen LogP contribution is 2.26. The maximum absolute atomic E-state index is 11.9. The maximum Gasteiger partial charge on any atom is 0.318 e. The van der Waals surface area contributed by atoms with Crippen LogP contribution in [0.25, 0.3) is 0 Å². The summed E-state index contributed by atoms with van der Waals surface area (Å²) in [6, 6.07) is 5.99. The lowest BCUT2D eigenvalue weighted by molar-refractivity contribution is -0.150. The average Bonchev–Trinajstić information content (AvgIpc) is 2.45. The molecular weight excluding hydrogens is 274 g/mol. The first-order valence-electron chi connectivity index (χ1n) is 6.40. The Morgan fingerprint density at radius 1 is 1.05 bits per heavy atom. The zero-order valence-corrected chi connectivity index (χ0v) is 12.5. The number of carbonyl (C=O) groups excluding carboxylic acids is 3. The number of ether oxygens (including phenoxy) is 2. The first-order chi connectivity index (χ1) is 9.90. The molecule has 1 amide bonds. The maximum atomic E-state index is 11.9. The van der Waals surface area contributed by atoms with Gasteiger partial charge in [0.2, 0.25) is 5.91 Å². The van der Waals surface area contributed by atoms with E-state index in [1.807, 2.05) is 0 Å². The molecule has 2 atom stereocenters. The molecular formula is C15H19NO5. The molecule has 0 fully saturated rings. The summed E-state index contributed by atoms with van der Waals surface area (Å²) in [5.74, 6) is -1.86. The molecule has 0 unspecified atom stereocenters. The van der Waals surface area contributed by atoms with Gasteiger partial charge in [0.25, 0.3) is 0 Å². The minimum Gasteiger partial charge on any atom is -0.497 e. The van der Waals surface area contributed by atoms with E-state index in [0.717, 1.165) is 0 Å². The minimum absolute atomic E-state index is 0.342. The summed E-state index contributed by atoms with van der Waals surface area (Å²) in [6.07, 6.45) is 0. The number of nitrogens with one attached hydrogen (secondary N) is 1. The third-order valence-electron chi connectivity index (χ3n) is 3.06. The lowest BCUT2D eigenvalue weighted by Gasteiger charge is -2.24. The number of esters is 1. The molecule has 0 heterocycles. The van der Waals surface area contributed by atoms with Crippen molar-refractivity contribution in [3.05, 3.63) is 29.8 Å². The lowest BCUT2D eigenvalue weighted by atomic mass is 9.90. The normalized spacial score (nSPS) is 13.0. The number of carbonyl (C=O) groups is 3. The van der Waals surface area contributed by atoms with Crippen LogP contribution >= 0.6 is 0 Å². The van der Waals surface area contributed by atoms with Crippen LogP contribution in [0.3, 0.4) is 0 Å². The van der Waals surface area contributed by atoms with Crippen LogP contribution in [-0.4, -0.2) is 31.9 Å². The van der Waals surface area contributed by atoms with Gasteiger partial charge in [-0.2, -0.15) is 0 Å². The van der Waals surface area contributed by atoms with Crippen LogP contribution in [0.1, 0.15) is 25.5 Å². The van der Waals surface area contributed by atoms with Gasteiger partial charge in [-0.1, -0.05) is 12.1 Å². The summed E-state index contributed by atoms with van der Waals surface area (Å²) in [6.45, 7) is 2.62. The predicted octanol–water partition coefficient (Wildman–Crippen LogP) is 1.25. The standard InChI is InChI=1S/C15H19NO5/c1-9(17)13(15(19)21-4)14(16-10(2)18)11-5-7-12(20-3)8-6-11/h5-8,13-14H,1-4H3,(H,16,18)/t13-,14-/m0/s1. The van der Waals surface area contributed by atoms with Gasteiger partial charge in [-0.3, -0.25) is 14.4 Å². The van der Waals surface area contributed by atoms with E-state index in [1.165, 1.54) is 28.1 Å². The van der Waals surface area contributed by atoms with Crippen molar-refractivity contribution in [2.45, 2.75) is 19.9 Å². The Balaban J connectivity index is 3.21. The molecule has 0 spiro atoms. The van der Waals surface area contributed by atoms with Crippen LogP contribution < -0.4 is 10.1 Å². The summed E-state index contributed by atoms with van der Waals surface area (Å²) in [5, 5.41) is 2.63. The van der Waals surface area contributed by atoms with E-state index >= 15 is 0 Å². The third kappa shape index (κ3) is 4.30. The van der Waals surface area contributed by atoms with Crippen molar-refractivity contribution < 1.29 is 23.9 Å². The number of ketones is 1. The minimum atomic E-state index is -1.09. The van der Waals surface area contributed by atoms with Crippen LogP contribution in [0.5, 0.6) is 5.75 Å². The van der Waals surface area contributed by atoms with Crippen molar-refractivity contribution in [1.29, 1.82) is 0 Å².